The van der Waals surface area contributed by atoms with Gasteiger partial charge in [-0.05, 0) is 79.1 Å². The predicted molar refractivity (Wildman–Crippen MR) is 239 cm³/mol. The van der Waals surface area contributed by atoms with Crippen LogP contribution in [-0.2, 0) is 0 Å². The smallest absolute Gasteiger partial charge is 0.147 e. The molecule has 9 aromatic rings. The molecule has 1 unspecified atom stereocenters. The van der Waals surface area contributed by atoms with E-state index >= 15 is 0 Å². The maximum absolute atomic E-state index is 5.39. The number of nitrogens with zero attached hydrogens (tertiary/aromatic N) is 3. The van der Waals surface area contributed by atoms with Gasteiger partial charge in [-0.3, -0.25) is 4.99 Å². The number of hydrogen-bond acceptors (Lipinski definition) is 3. The molecule has 0 N–H and O–H groups in total. The fraction of sp³-hybridized carbons (Fsp3) is 0.0370. The second-order valence-corrected chi connectivity index (χ2v) is 14.6. The molecule has 57 heavy (non-hydrogen) atoms. The van der Waals surface area contributed by atoms with Gasteiger partial charge < -0.3 is 4.90 Å². The highest BCUT2D eigenvalue weighted by molar-refractivity contribution is 6.14. The first-order valence-corrected chi connectivity index (χ1v) is 19.5. The minimum absolute atomic E-state index is 0.205. The van der Waals surface area contributed by atoms with E-state index in [0.717, 1.165) is 44.9 Å². The summed E-state index contributed by atoms with van der Waals surface area (Å²) in [4.78, 5) is 12.9. The summed E-state index contributed by atoms with van der Waals surface area (Å²) < 4.78 is 0. The number of pyridine rings is 1. The highest BCUT2D eigenvalue weighted by Gasteiger charge is 2.25. The van der Waals surface area contributed by atoms with Crippen LogP contribution in [0.1, 0.15) is 22.9 Å². The molecular formula is C54H39N3. The van der Waals surface area contributed by atoms with Gasteiger partial charge in [-0.1, -0.05) is 194 Å². The molecule has 10 rings (SSSR count). The van der Waals surface area contributed by atoms with E-state index in [1.165, 1.54) is 49.5 Å². The Labute approximate surface area is 333 Å². The number of hydrogen-bond donors (Lipinski definition) is 0. The summed E-state index contributed by atoms with van der Waals surface area (Å²) in [5.41, 5.74) is 15.6. The third-order valence-electron chi connectivity index (χ3n) is 11.1. The second kappa shape index (κ2) is 14.7. The number of aromatic nitrogens is 1. The molecule has 0 amide bonds. The van der Waals surface area contributed by atoms with E-state index in [2.05, 4.69) is 224 Å². The summed E-state index contributed by atoms with van der Waals surface area (Å²) in [6, 6.07) is 73.4. The Morgan fingerprint density at radius 1 is 0.439 bits per heavy atom. The molecule has 8 aromatic carbocycles. The van der Waals surface area contributed by atoms with Crippen LogP contribution in [0.3, 0.4) is 0 Å². The zero-order valence-electron chi connectivity index (χ0n) is 31.6. The molecule has 1 aromatic heterocycles. The van der Waals surface area contributed by atoms with Crippen molar-refractivity contribution < 1.29 is 0 Å². The highest BCUT2D eigenvalue weighted by Crippen LogP contribution is 2.39. The van der Waals surface area contributed by atoms with Crippen LogP contribution in [0, 0.1) is 0 Å². The fourth-order valence-electron chi connectivity index (χ4n) is 8.12. The van der Waals surface area contributed by atoms with Crippen LogP contribution in [0.25, 0.3) is 72.0 Å². The number of benzene rings is 8. The van der Waals surface area contributed by atoms with Crippen molar-refractivity contribution in [2.75, 3.05) is 7.05 Å². The van der Waals surface area contributed by atoms with E-state index in [4.69, 9.17) is 9.98 Å². The van der Waals surface area contributed by atoms with Crippen molar-refractivity contribution in [3.8, 4) is 44.6 Å². The minimum atomic E-state index is -0.205. The molecule has 3 nitrogen and oxygen atoms in total. The summed E-state index contributed by atoms with van der Waals surface area (Å²) >= 11 is 0. The number of fused-ring (bicyclic) bond motifs is 3. The number of aliphatic imine (C=N–C) groups is 1. The Kier molecular flexibility index (Phi) is 8.81. The van der Waals surface area contributed by atoms with Crippen molar-refractivity contribution in [1.82, 2.24) is 9.88 Å². The lowest BCUT2D eigenvalue weighted by atomic mass is 9.94. The molecule has 1 aliphatic heterocycles. The van der Waals surface area contributed by atoms with Gasteiger partial charge in [-0.25, -0.2) is 4.98 Å². The Bertz CT molecular complexity index is 2910. The maximum atomic E-state index is 5.39. The van der Waals surface area contributed by atoms with Gasteiger partial charge in [0.05, 0.1) is 16.9 Å². The van der Waals surface area contributed by atoms with Crippen LogP contribution < -0.4 is 0 Å². The summed E-state index contributed by atoms with van der Waals surface area (Å²) in [7, 11) is 2.15. The van der Waals surface area contributed by atoms with Crippen molar-refractivity contribution in [3.63, 3.8) is 0 Å². The van der Waals surface area contributed by atoms with Crippen LogP contribution in [0.5, 0.6) is 0 Å². The molecule has 0 saturated carbocycles. The van der Waals surface area contributed by atoms with E-state index in [0.29, 0.717) is 0 Å². The van der Waals surface area contributed by atoms with Gasteiger partial charge in [0.2, 0.25) is 0 Å². The maximum Gasteiger partial charge on any atom is 0.147 e. The zero-order chi connectivity index (χ0) is 38.1. The average molecular weight is 730 g/mol. The van der Waals surface area contributed by atoms with Crippen molar-refractivity contribution in [3.05, 3.63) is 229 Å². The summed E-state index contributed by atoms with van der Waals surface area (Å²) in [6.07, 6.45) is 2.03. The van der Waals surface area contributed by atoms with Crippen molar-refractivity contribution in [1.29, 1.82) is 0 Å². The van der Waals surface area contributed by atoms with Crippen LogP contribution in [0.15, 0.2) is 217 Å². The summed E-state index contributed by atoms with van der Waals surface area (Å²) in [6.45, 7) is 0. The molecule has 270 valence electrons. The highest BCUT2D eigenvalue weighted by atomic mass is 15.2. The van der Waals surface area contributed by atoms with E-state index in [-0.39, 0.29) is 6.17 Å². The zero-order valence-corrected chi connectivity index (χ0v) is 31.6. The second-order valence-electron chi connectivity index (χ2n) is 14.6. The Hall–Kier alpha value is -7.36. The quantitative estimate of drug-likeness (QED) is 0.153. The van der Waals surface area contributed by atoms with E-state index < -0.39 is 0 Å². The number of rotatable bonds is 7. The van der Waals surface area contributed by atoms with Crippen LogP contribution in [-0.4, -0.2) is 22.6 Å². The molecule has 1 atom stereocenters. The van der Waals surface area contributed by atoms with Gasteiger partial charge in [0.15, 0.2) is 0 Å². The Morgan fingerprint density at radius 3 is 1.60 bits per heavy atom. The summed E-state index contributed by atoms with van der Waals surface area (Å²) in [5, 5.41) is 3.61. The first-order chi connectivity index (χ1) is 28.2. The largest absolute Gasteiger partial charge is 0.349 e. The molecule has 0 fully saturated rings. The lowest BCUT2D eigenvalue weighted by Crippen LogP contribution is -2.27. The minimum Gasteiger partial charge on any atom is -0.349 e. The molecule has 0 bridgehead atoms. The average Bonchev–Trinajstić information content (AvgIpc) is 3.30. The fourth-order valence-corrected chi connectivity index (χ4v) is 8.12. The van der Waals surface area contributed by atoms with Gasteiger partial charge >= 0.3 is 0 Å². The van der Waals surface area contributed by atoms with Crippen molar-refractivity contribution >= 4 is 33.1 Å². The Balaban J connectivity index is 1.04. The Morgan fingerprint density at radius 2 is 0.947 bits per heavy atom. The molecule has 0 radical (unpaired) electrons. The normalized spacial score (nSPS) is 14.1. The lowest BCUT2D eigenvalue weighted by Gasteiger charge is -2.34. The van der Waals surface area contributed by atoms with Crippen LogP contribution in [0.2, 0.25) is 0 Å². The predicted octanol–water partition coefficient (Wildman–Crippen LogP) is 13.5. The number of allylic oxidation sites excluding steroid dienone is 1. The van der Waals surface area contributed by atoms with Gasteiger partial charge in [0.25, 0.3) is 0 Å². The van der Waals surface area contributed by atoms with Gasteiger partial charge in [-0.2, -0.15) is 0 Å². The third kappa shape index (κ3) is 6.60. The molecular weight excluding hydrogens is 691 g/mol. The van der Waals surface area contributed by atoms with E-state index in [1.54, 1.807) is 0 Å². The van der Waals surface area contributed by atoms with Gasteiger partial charge in [0, 0.05) is 23.7 Å². The third-order valence-corrected chi connectivity index (χ3v) is 11.1. The first kappa shape index (κ1) is 34.2. The molecule has 3 heteroatoms. The van der Waals surface area contributed by atoms with Crippen molar-refractivity contribution in [2.24, 2.45) is 4.99 Å². The van der Waals surface area contributed by atoms with E-state index in [9.17, 15) is 0 Å². The van der Waals surface area contributed by atoms with Gasteiger partial charge in [0.1, 0.15) is 6.17 Å². The molecule has 0 aliphatic carbocycles. The first-order valence-electron chi connectivity index (χ1n) is 19.5. The standard InChI is InChI=1S/C54H39N3/c1-57-52(45-29-27-43(28-30-45)50-35-48(41-17-9-4-10-18-41)53-47-20-12-11-19-42(47)33-34-49(53)55-50)36-51(44-25-21-39(22-26-44)37-13-5-2-6-14-37)56-54(57)46-31-23-40(24-32-46)38-15-7-3-8-16-38/h2-36,54H,1H3. The SMILES string of the molecule is CN1C(c2ccc(-c3cc(-c4ccccc4)c4c(ccc5ccccc54)n3)cc2)=CC(c2ccc(-c3ccccc3)cc2)=NC1c1ccc(-c2ccccc2)cc1. The van der Waals surface area contributed by atoms with Crippen LogP contribution in [0.4, 0.5) is 0 Å². The molecule has 1 aliphatic rings. The van der Waals surface area contributed by atoms with Gasteiger partial charge in [-0.15, -0.1) is 0 Å². The summed E-state index contributed by atoms with van der Waals surface area (Å²) in [5.74, 6) is 0. The topological polar surface area (TPSA) is 28.5 Å². The monoisotopic (exact) mass is 729 g/mol. The lowest BCUT2D eigenvalue weighted by molar-refractivity contribution is 0.364. The van der Waals surface area contributed by atoms with Crippen LogP contribution >= 0.6 is 0 Å². The molecule has 0 saturated heterocycles. The molecule has 0 spiro atoms. The van der Waals surface area contributed by atoms with Crippen molar-refractivity contribution in [2.45, 2.75) is 6.17 Å². The van der Waals surface area contributed by atoms with E-state index in [1.807, 2.05) is 0 Å². The molecule has 2 heterocycles.